The molecule has 1 amide bonds. The molecule has 3 aromatic carbocycles. The van der Waals surface area contributed by atoms with Crippen molar-refractivity contribution in [3.05, 3.63) is 87.3 Å². The fraction of sp³-hybridized carbons (Fsp3) is 0.0435. The van der Waals surface area contributed by atoms with Gasteiger partial charge in [0, 0.05) is 27.8 Å². The molecule has 7 nitrogen and oxygen atoms in total. The SMILES string of the molecule is Cn1c(O)c(C2=c3cc(S(=O)(=O)Nc4ccccc4)ccc3=NC2=O)c2cccc(Br)c21. The molecule has 2 N–H and O–H groups in total. The number of aryl methyl sites for hydroxylation is 1. The van der Waals surface area contributed by atoms with Crippen LogP contribution in [0.25, 0.3) is 16.5 Å². The summed E-state index contributed by atoms with van der Waals surface area (Å²) in [5.41, 5.74) is 1.62. The second-order valence-corrected chi connectivity index (χ2v) is 9.87. The lowest BCUT2D eigenvalue weighted by molar-refractivity contribution is -0.112. The molecule has 0 atom stereocenters. The minimum atomic E-state index is -3.90. The number of benzene rings is 3. The Morgan fingerprint density at radius 2 is 1.78 bits per heavy atom. The molecule has 160 valence electrons. The molecule has 2 heterocycles. The van der Waals surface area contributed by atoms with E-state index in [-0.39, 0.29) is 16.3 Å². The van der Waals surface area contributed by atoms with E-state index in [9.17, 15) is 18.3 Å². The van der Waals surface area contributed by atoms with Crippen molar-refractivity contribution in [2.75, 3.05) is 4.72 Å². The number of para-hydroxylation sites is 2. The molecule has 0 spiro atoms. The fourth-order valence-electron chi connectivity index (χ4n) is 3.92. The highest BCUT2D eigenvalue weighted by Crippen LogP contribution is 2.38. The number of aromatic hydroxyl groups is 1. The molecule has 0 saturated heterocycles. The predicted octanol–water partition coefficient (Wildman–Crippen LogP) is 2.81. The third-order valence-electron chi connectivity index (χ3n) is 5.39. The van der Waals surface area contributed by atoms with E-state index in [4.69, 9.17) is 0 Å². The summed E-state index contributed by atoms with van der Waals surface area (Å²) in [4.78, 5) is 16.9. The quantitative estimate of drug-likeness (QED) is 0.441. The van der Waals surface area contributed by atoms with Crippen molar-refractivity contribution in [3.63, 3.8) is 0 Å². The number of nitrogens with zero attached hydrogens (tertiary/aromatic N) is 2. The number of nitrogens with one attached hydrogen (secondary N) is 1. The first-order valence-electron chi connectivity index (χ1n) is 9.59. The van der Waals surface area contributed by atoms with Crippen molar-refractivity contribution in [2.45, 2.75) is 4.90 Å². The van der Waals surface area contributed by atoms with Gasteiger partial charge in [-0.2, -0.15) is 0 Å². The van der Waals surface area contributed by atoms with Crippen LogP contribution in [0.2, 0.25) is 0 Å². The van der Waals surface area contributed by atoms with Crippen LogP contribution < -0.4 is 15.3 Å². The van der Waals surface area contributed by atoms with Crippen molar-refractivity contribution < 1.29 is 18.3 Å². The molecule has 1 aromatic heterocycles. The maximum Gasteiger partial charge on any atom is 0.279 e. The molecule has 32 heavy (non-hydrogen) atoms. The van der Waals surface area contributed by atoms with Gasteiger partial charge in [-0.25, -0.2) is 13.4 Å². The second kappa shape index (κ2) is 7.32. The highest BCUT2D eigenvalue weighted by molar-refractivity contribution is 9.10. The number of aromatic nitrogens is 1. The summed E-state index contributed by atoms with van der Waals surface area (Å²) in [6.45, 7) is 0. The smallest absolute Gasteiger partial charge is 0.279 e. The number of rotatable bonds is 4. The lowest BCUT2D eigenvalue weighted by atomic mass is 10.0. The van der Waals surface area contributed by atoms with Gasteiger partial charge in [-0.15, -0.1) is 0 Å². The Hall–Kier alpha value is -3.43. The summed E-state index contributed by atoms with van der Waals surface area (Å²) in [5.74, 6) is -0.637. The highest BCUT2D eigenvalue weighted by Gasteiger charge is 2.28. The van der Waals surface area contributed by atoms with Crippen molar-refractivity contribution in [1.29, 1.82) is 0 Å². The number of fused-ring (bicyclic) bond motifs is 2. The number of halogens is 1. The summed E-state index contributed by atoms with van der Waals surface area (Å²) in [6.07, 6.45) is 0. The van der Waals surface area contributed by atoms with E-state index >= 15 is 0 Å². The number of hydrogen-bond acceptors (Lipinski definition) is 4. The van der Waals surface area contributed by atoms with Crippen LogP contribution in [-0.2, 0) is 21.9 Å². The van der Waals surface area contributed by atoms with Crippen LogP contribution in [0.15, 0.2) is 81.1 Å². The summed E-state index contributed by atoms with van der Waals surface area (Å²) in [6, 6.07) is 18.3. The Labute approximate surface area is 191 Å². The molecule has 1 aliphatic rings. The van der Waals surface area contributed by atoms with Crippen molar-refractivity contribution in [3.8, 4) is 5.88 Å². The number of amides is 1. The van der Waals surface area contributed by atoms with E-state index in [0.717, 1.165) is 4.47 Å². The van der Waals surface area contributed by atoms with Crippen LogP contribution in [0, 0.1) is 0 Å². The van der Waals surface area contributed by atoms with E-state index in [2.05, 4.69) is 25.6 Å². The van der Waals surface area contributed by atoms with Gasteiger partial charge in [0.05, 0.1) is 26.9 Å². The second-order valence-electron chi connectivity index (χ2n) is 7.34. The number of carbonyl (C=O) groups excluding carboxylic acids is 1. The highest BCUT2D eigenvalue weighted by atomic mass is 79.9. The van der Waals surface area contributed by atoms with Gasteiger partial charge < -0.3 is 9.67 Å². The molecule has 0 bridgehead atoms. The van der Waals surface area contributed by atoms with Gasteiger partial charge in [0.2, 0.25) is 0 Å². The van der Waals surface area contributed by atoms with Crippen LogP contribution in [0.3, 0.4) is 0 Å². The van der Waals surface area contributed by atoms with Crippen molar-refractivity contribution >= 4 is 54.0 Å². The Balaban J connectivity index is 1.76. The van der Waals surface area contributed by atoms with E-state index in [1.165, 1.54) is 18.2 Å². The molecule has 1 aliphatic heterocycles. The zero-order valence-corrected chi connectivity index (χ0v) is 19.1. The van der Waals surface area contributed by atoms with Crippen LogP contribution in [0.1, 0.15) is 5.56 Å². The maximum absolute atomic E-state index is 13.0. The zero-order valence-electron chi connectivity index (χ0n) is 16.7. The van der Waals surface area contributed by atoms with Gasteiger partial charge in [-0.05, 0) is 52.3 Å². The molecule has 0 saturated carbocycles. The first-order chi connectivity index (χ1) is 15.3. The van der Waals surface area contributed by atoms with Gasteiger partial charge in [0.25, 0.3) is 15.9 Å². The third kappa shape index (κ3) is 3.12. The topological polar surface area (TPSA) is 101 Å². The Morgan fingerprint density at radius 3 is 2.53 bits per heavy atom. The van der Waals surface area contributed by atoms with E-state index in [1.807, 2.05) is 6.07 Å². The maximum atomic E-state index is 13.0. The molecule has 4 aromatic rings. The summed E-state index contributed by atoms with van der Waals surface area (Å²) < 4.78 is 30.8. The number of anilines is 1. The Morgan fingerprint density at radius 1 is 1.03 bits per heavy atom. The largest absolute Gasteiger partial charge is 0.494 e. The molecule has 0 radical (unpaired) electrons. The van der Waals surface area contributed by atoms with Gasteiger partial charge in [0.1, 0.15) is 0 Å². The van der Waals surface area contributed by atoms with E-state index in [0.29, 0.717) is 32.7 Å². The molecule has 0 unspecified atom stereocenters. The molecule has 0 aliphatic carbocycles. The minimum Gasteiger partial charge on any atom is -0.494 e. The van der Waals surface area contributed by atoms with Gasteiger partial charge in [-0.3, -0.25) is 9.52 Å². The van der Waals surface area contributed by atoms with E-state index < -0.39 is 15.9 Å². The first kappa shape index (κ1) is 20.5. The molecular weight excluding hydrogens is 494 g/mol. The summed E-state index contributed by atoms with van der Waals surface area (Å²) in [5, 5.41) is 12.2. The normalized spacial score (nSPS) is 13.3. The lowest BCUT2D eigenvalue weighted by Crippen LogP contribution is -2.26. The van der Waals surface area contributed by atoms with E-state index in [1.54, 1.807) is 54.1 Å². The number of carbonyl (C=O) groups is 1. The van der Waals surface area contributed by atoms with Crippen LogP contribution in [-0.4, -0.2) is 24.0 Å². The number of sulfonamides is 1. The van der Waals surface area contributed by atoms with Crippen LogP contribution in [0.5, 0.6) is 5.88 Å². The van der Waals surface area contributed by atoms with Crippen LogP contribution in [0.4, 0.5) is 5.69 Å². The minimum absolute atomic E-state index is 0.0107. The van der Waals surface area contributed by atoms with Crippen LogP contribution >= 0.6 is 15.9 Å². The number of hydrogen-bond donors (Lipinski definition) is 2. The van der Waals surface area contributed by atoms with Gasteiger partial charge in [0.15, 0.2) is 5.88 Å². The summed E-state index contributed by atoms with van der Waals surface area (Å²) in [7, 11) is -2.21. The van der Waals surface area contributed by atoms with Gasteiger partial charge >= 0.3 is 0 Å². The lowest BCUT2D eigenvalue weighted by Gasteiger charge is -2.08. The third-order valence-corrected chi connectivity index (χ3v) is 7.41. The molecular formula is C23H16BrN3O4S. The molecule has 0 fully saturated rings. The zero-order chi connectivity index (χ0) is 22.6. The standard InChI is InChI=1S/C23H16BrN3O4S/c1-27-21-15(8-5-9-17(21)24)20(23(27)29)19-16-12-14(10-11-18(16)25-22(19)28)32(30,31)26-13-6-3-2-4-7-13/h2-12,26,29H,1H3. The molecule has 5 rings (SSSR count). The first-order valence-corrected chi connectivity index (χ1v) is 11.9. The Kier molecular flexibility index (Phi) is 4.68. The summed E-state index contributed by atoms with van der Waals surface area (Å²) >= 11 is 3.48. The average Bonchev–Trinajstić information content (AvgIpc) is 3.21. The Bertz CT molecular complexity index is 1660. The average molecular weight is 510 g/mol. The van der Waals surface area contributed by atoms with Crippen molar-refractivity contribution in [2.24, 2.45) is 12.0 Å². The predicted molar refractivity (Wildman–Crippen MR) is 124 cm³/mol. The fourth-order valence-corrected chi connectivity index (χ4v) is 5.64. The molecule has 9 heteroatoms. The monoisotopic (exact) mass is 509 g/mol. The van der Waals surface area contributed by atoms with Crippen molar-refractivity contribution in [1.82, 2.24) is 4.57 Å². The van der Waals surface area contributed by atoms with Gasteiger partial charge in [-0.1, -0.05) is 30.3 Å².